The molecule has 54 valence electrons. The smallest absolute Gasteiger partial charge is 0.304 e. The van der Waals surface area contributed by atoms with Gasteiger partial charge in [-0.15, -0.1) is 0 Å². The van der Waals surface area contributed by atoms with E-state index in [1.54, 1.807) is 0 Å². The lowest BCUT2D eigenvalue weighted by Crippen LogP contribution is -2.24. The number of carbonyl (C=O) groups is 1. The van der Waals surface area contributed by atoms with Gasteiger partial charge in [0.25, 0.3) is 0 Å². The molecule has 0 unspecified atom stereocenters. The van der Waals surface area contributed by atoms with Crippen molar-refractivity contribution in [2.75, 3.05) is 19.6 Å². The fourth-order valence-electron chi connectivity index (χ4n) is 0.422. The average molecular weight is 132 g/mol. The van der Waals surface area contributed by atoms with E-state index < -0.39 is 5.97 Å². The summed E-state index contributed by atoms with van der Waals surface area (Å²) in [4.78, 5) is 9.89. The molecule has 0 atom stereocenters. The van der Waals surface area contributed by atoms with Gasteiger partial charge in [0.1, 0.15) is 0 Å². The van der Waals surface area contributed by atoms with Crippen LogP contribution in [0.3, 0.4) is 0 Å². The van der Waals surface area contributed by atoms with Crippen LogP contribution in [0.4, 0.5) is 0 Å². The number of hydrogen-bond donors (Lipinski definition) is 3. The minimum Gasteiger partial charge on any atom is -0.481 e. The van der Waals surface area contributed by atoms with E-state index >= 15 is 0 Å². The summed E-state index contributed by atoms with van der Waals surface area (Å²) < 4.78 is 0. The second-order valence-electron chi connectivity index (χ2n) is 1.68. The Morgan fingerprint density at radius 1 is 1.56 bits per heavy atom. The quantitative estimate of drug-likeness (QED) is 0.420. The molecule has 0 saturated carbocycles. The van der Waals surface area contributed by atoms with Gasteiger partial charge in [0.15, 0.2) is 0 Å². The van der Waals surface area contributed by atoms with Crippen LogP contribution in [0.1, 0.15) is 6.42 Å². The van der Waals surface area contributed by atoms with E-state index in [1.807, 2.05) is 0 Å². The van der Waals surface area contributed by atoms with Gasteiger partial charge >= 0.3 is 5.97 Å². The third kappa shape index (κ3) is 7.39. The van der Waals surface area contributed by atoms with Crippen molar-refractivity contribution in [2.45, 2.75) is 6.42 Å². The van der Waals surface area contributed by atoms with Crippen molar-refractivity contribution in [2.24, 2.45) is 5.73 Å². The molecule has 0 aliphatic carbocycles. The van der Waals surface area contributed by atoms with Crippen LogP contribution in [0, 0.1) is 0 Å². The van der Waals surface area contributed by atoms with Gasteiger partial charge in [0, 0.05) is 19.6 Å². The average Bonchev–Trinajstić information content (AvgIpc) is 1.80. The molecular formula is C5H12N2O2. The maximum absolute atomic E-state index is 9.89. The standard InChI is InChI=1S/C5H12N2O2/c6-2-4-7-3-1-5(8)9/h7H,1-4,6H2,(H,8,9). The van der Waals surface area contributed by atoms with Crippen molar-refractivity contribution >= 4 is 5.97 Å². The van der Waals surface area contributed by atoms with Crippen LogP contribution in [0.2, 0.25) is 0 Å². The largest absolute Gasteiger partial charge is 0.481 e. The van der Waals surface area contributed by atoms with Crippen molar-refractivity contribution in [3.8, 4) is 0 Å². The van der Waals surface area contributed by atoms with E-state index in [0.29, 0.717) is 19.6 Å². The lowest BCUT2D eigenvalue weighted by molar-refractivity contribution is -0.136. The Morgan fingerprint density at radius 3 is 2.67 bits per heavy atom. The first-order chi connectivity index (χ1) is 4.27. The molecule has 0 aromatic heterocycles. The molecule has 0 aliphatic heterocycles. The van der Waals surface area contributed by atoms with Crippen LogP contribution in [-0.2, 0) is 4.79 Å². The molecule has 0 spiro atoms. The first-order valence-corrected chi connectivity index (χ1v) is 2.90. The van der Waals surface area contributed by atoms with Crippen molar-refractivity contribution in [1.82, 2.24) is 5.32 Å². The molecule has 0 saturated heterocycles. The summed E-state index contributed by atoms with van der Waals surface area (Å²) >= 11 is 0. The van der Waals surface area contributed by atoms with Crippen molar-refractivity contribution in [1.29, 1.82) is 0 Å². The van der Waals surface area contributed by atoms with E-state index in [0.717, 1.165) is 0 Å². The minimum absolute atomic E-state index is 0.167. The molecule has 0 aromatic rings. The second kappa shape index (κ2) is 5.53. The van der Waals surface area contributed by atoms with Gasteiger partial charge < -0.3 is 16.2 Å². The Morgan fingerprint density at radius 2 is 2.22 bits per heavy atom. The number of carboxylic acids is 1. The predicted molar refractivity (Wildman–Crippen MR) is 34.2 cm³/mol. The Labute approximate surface area is 54.0 Å². The van der Waals surface area contributed by atoms with Crippen molar-refractivity contribution < 1.29 is 9.90 Å². The summed E-state index contributed by atoms with van der Waals surface area (Å²) in [7, 11) is 0. The van der Waals surface area contributed by atoms with Crippen LogP contribution >= 0.6 is 0 Å². The second-order valence-corrected chi connectivity index (χ2v) is 1.68. The Balaban J connectivity index is 2.83. The highest BCUT2D eigenvalue weighted by Gasteiger charge is 1.92. The van der Waals surface area contributed by atoms with Gasteiger partial charge in [0.2, 0.25) is 0 Å². The zero-order valence-corrected chi connectivity index (χ0v) is 5.26. The highest BCUT2D eigenvalue weighted by molar-refractivity contribution is 5.66. The van der Waals surface area contributed by atoms with E-state index in [4.69, 9.17) is 10.8 Å². The lowest BCUT2D eigenvalue weighted by Gasteiger charge is -1.97. The van der Waals surface area contributed by atoms with Gasteiger partial charge in [-0.05, 0) is 0 Å². The molecule has 0 bridgehead atoms. The van der Waals surface area contributed by atoms with Crippen molar-refractivity contribution in [3.05, 3.63) is 0 Å². The van der Waals surface area contributed by atoms with Crippen molar-refractivity contribution in [3.63, 3.8) is 0 Å². The molecule has 0 rings (SSSR count). The van der Waals surface area contributed by atoms with E-state index in [-0.39, 0.29) is 6.42 Å². The van der Waals surface area contributed by atoms with E-state index in [1.165, 1.54) is 0 Å². The van der Waals surface area contributed by atoms with E-state index in [2.05, 4.69) is 5.32 Å². The molecule has 4 N–H and O–H groups in total. The Kier molecular flexibility index (Phi) is 5.15. The number of nitrogens with two attached hydrogens (primary N) is 1. The SMILES string of the molecule is NCCNCCC(=O)O. The summed E-state index contributed by atoms with van der Waals surface area (Å²) in [5.74, 6) is -0.778. The Bertz CT molecular complexity index is 85.0. The Hall–Kier alpha value is -0.610. The normalized spacial score (nSPS) is 9.44. The zero-order valence-electron chi connectivity index (χ0n) is 5.26. The maximum Gasteiger partial charge on any atom is 0.304 e. The van der Waals surface area contributed by atoms with E-state index in [9.17, 15) is 4.79 Å². The molecule has 0 fully saturated rings. The van der Waals surface area contributed by atoms with Gasteiger partial charge in [0.05, 0.1) is 6.42 Å². The molecule has 9 heavy (non-hydrogen) atoms. The molecule has 0 amide bonds. The van der Waals surface area contributed by atoms with Crippen LogP contribution in [0.5, 0.6) is 0 Å². The summed E-state index contributed by atoms with van der Waals surface area (Å²) in [6, 6.07) is 0. The topological polar surface area (TPSA) is 75.3 Å². The highest BCUT2D eigenvalue weighted by Crippen LogP contribution is 1.72. The third-order valence-corrected chi connectivity index (χ3v) is 0.837. The fourth-order valence-corrected chi connectivity index (χ4v) is 0.422. The number of hydrogen-bond acceptors (Lipinski definition) is 3. The van der Waals surface area contributed by atoms with Gasteiger partial charge in [-0.1, -0.05) is 0 Å². The summed E-state index contributed by atoms with van der Waals surface area (Å²) in [5, 5.41) is 11.0. The molecular weight excluding hydrogens is 120 g/mol. The van der Waals surface area contributed by atoms with Crippen LogP contribution < -0.4 is 11.1 Å². The highest BCUT2D eigenvalue weighted by atomic mass is 16.4. The fraction of sp³-hybridized carbons (Fsp3) is 0.800. The third-order valence-electron chi connectivity index (χ3n) is 0.837. The minimum atomic E-state index is -0.778. The van der Waals surface area contributed by atoms with Gasteiger partial charge in [-0.3, -0.25) is 4.79 Å². The number of aliphatic carboxylic acids is 1. The summed E-state index contributed by atoms with van der Waals surface area (Å²) in [5.41, 5.74) is 5.14. The first kappa shape index (κ1) is 8.39. The van der Waals surface area contributed by atoms with Crippen LogP contribution in [-0.4, -0.2) is 30.7 Å². The number of rotatable bonds is 5. The van der Waals surface area contributed by atoms with Gasteiger partial charge in [-0.25, -0.2) is 0 Å². The molecule has 0 radical (unpaired) electrons. The number of nitrogens with one attached hydrogen (secondary N) is 1. The summed E-state index contributed by atoms with van der Waals surface area (Å²) in [6.45, 7) is 1.75. The molecule has 0 heterocycles. The number of carboxylic acid groups (broad SMARTS) is 1. The van der Waals surface area contributed by atoms with Gasteiger partial charge in [-0.2, -0.15) is 0 Å². The molecule has 0 aliphatic rings. The lowest BCUT2D eigenvalue weighted by atomic mass is 10.4. The van der Waals surface area contributed by atoms with Crippen LogP contribution in [0.25, 0.3) is 0 Å². The molecule has 4 heteroatoms. The molecule has 4 nitrogen and oxygen atoms in total. The maximum atomic E-state index is 9.89. The monoisotopic (exact) mass is 132 g/mol. The first-order valence-electron chi connectivity index (χ1n) is 2.90. The predicted octanol–water partition coefficient (Wildman–Crippen LogP) is -0.991. The zero-order chi connectivity index (χ0) is 7.11. The summed E-state index contributed by atoms with van der Waals surface area (Å²) in [6.07, 6.45) is 0.167. The molecule has 0 aromatic carbocycles. The van der Waals surface area contributed by atoms with Crippen LogP contribution in [0.15, 0.2) is 0 Å².